The van der Waals surface area contributed by atoms with E-state index in [1.165, 1.54) is 0 Å². The number of thiazole rings is 1. The van der Waals surface area contributed by atoms with E-state index in [4.69, 9.17) is 4.74 Å². The second-order valence-electron chi connectivity index (χ2n) is 3.50. The standard InChI is InChI=1S/C11H20N2OS/c1-3-6-14-7-4-5-12-8-11-9-15-10(2)13-11/h9,12H,3-8H2,1-2H3. The van der Waals surface area contributed by atoms with Crippen molar-refractivity contribution in [2.45, 2.75) is 33.2 Å². The Kier molecular flexibility index (Phi) is 6.55. The maximum atomic E-state index is 5.39. The first-order valence-electron chi connectivity index (χ1n) is 5.52. The van der Waals surface area contributed by atoms with Crippen LogP contribution in [0.4, 0.5) is 0 Å². The van der Waals surface area contributed by atoms with Crippen LogP contribution in [0.25, 0.3) is 0 Å². The summed E-state index contributed by atoms with van der Waals surface area (Å²) in [7, 11) is 0. The molecule has 3 nitrogen and oxygen atoms in total. The highest BCUT2D eigenvalue weighted by atomic mass is 32.1. The van der Waals surface area contributed by atoms with Crippen molar-refractivity contribution in [1.29, 1.82) is 0 Å². The summed E-state index contributed by atoms with van der Waals surface area (Å²) in [6.45, 7) is 7.77. The summed E-state index contributed by atoms with van der Waals surface area (Å²) >= 11 is 1.70. The minimum Gasteiger partial charge on any atom is -0.381 e. The second-order valence-corrected chi connectivity index (χ2v) is 4.56. The van der Waals surface area contributed by atoms with Gasteiger partial charge in [-0.05, 0) is 26.3 Å². The molecule has 1 heterocycles. The van der Waals surface area contributed by atoms with Crippen molar-refractivity contribution < 1.29 is 4.74 Å². The molecule has 86 valence electrons. The van der Waals surface area contributed by atoms with Crippen LogP contribution in [0.15, 0.2) is 5.38 Å². The number of nitrogens with zero attached hydrogens (tertiary/aromatic N) is 1. The van der Waals surface area contributed by atoms with Crippen molar-refractivity contribution in [3.8, 4) is 0 Å². The number of ether oxygens (including phenoxy) is 1. The van der Waals surface area contributed by atoms with Crippen molar-refractivity contribution in [2.24, 2.45) is 0 Å². The normalized spacial score (nSPS) is 10.8. The highest BCUT2D eigenvalue weighted by Gasteiger charge is 1.96. The van der Waals surface area contributed by atoms with Gasteiger partial charge in [-0.3, -0.25) is 0 Å². The van der Waals surface area contributed by atoms with E-state index in [1.807, 2.05) is 6.92 Å². The fourth-order valence-electron chi connectivity index (χ4n) is 1.25. The third-order valence-electron chi connectivity index (χ3n) is 1.96. The molecule has 0 bridgehead atoms. The monoisotopic (exact) mass is 228 g/mol. The Morgan fingerprint density at radius 2 is 2.33 bits per heavy atom. The second kappa shape index (κ2) is 7.79. The molecule has 4 heteroatoms. The van der Waals surface area contributed by atoms with E-state index < -0.39 is 0 Å². The van der Waals surface area contributed by atoms with Crippen molar-refractivity contribution >= 4 is 11.3 Å². The van der Waals surface area contributed by atoms with Crippen LogP contribution in [0.1, 0.15) is 30.5 Å². The SMILES string of the molecule is CCCOCCCNCc1csc(C)n1. The molecule has 0 aliphatic heterocycles. The largest absolute Gasteiger partial charge is 0.381 e. The molecule has 1 rings (SSSR count). The molecule has 0 amide bonds. The summed E-state index contributed by atoms with van der Waals surface area (Å²) in [5.41, 5.74) is 1.15. The molecular formula is C11H20N2OS. The smallest absolute Gasteiger partial charge is 0.0897 e. The van der Waals surface area contributed by atoms with Crippen molar-refractivity contribution in [3.63, 3.8) is 0 Å². The molecule has 0 aliphatic rings. The van der Waals surface area contributed by atoms with Crippen LogP contribution in [-0.2, 0) is 11.3 Å². The Balaban J connectivity index is 1.93. The lowest BCUT2D eigenvalue weighted by Crippen LogP contribution is -2.16. The van der Waals surface area contributed by atoms with E-state index >= 15 is 0 Å². The Labute approximate surface area is 95.9 Å². The zero-order chi connectivity index (χ0) is 10.9. The van der Waals surface area contributed by atoms with Crippen molar-refractivity contribution in [3.05, 3.63) is 16.1 Å². The van der Waals surface area contributed by atoms with Crippen LogP contribution in [0.3, 0.4) is 0 Å². The zero-order valence-corrected chi connectivity index (χ0v) is 10.4. The van der Waals surface area contributed by atoms with E-state index in [0.29, 0.717) is 0 Å². The lowest BCUT2D eigenvalue weighted by atomic mass is 10.4. The Hall–Kier alpha value is -0.450. The van der Waals surface area contributed by atoms with Gasteiger partial charge in [-0.2, -0.15) is 0 Å². The molecule has 0 unspecified atom stereocenters. The number of aryl methyl sites for hydroxylation is 1. The summed E-state index contributed by atoms with van der Waals surface area (Å²) in [6, 6.07) is 0. The maximum Gasteiger partial charge on any atom is 0.0897 e. The quantitative estimate of drug-likeness (QED) is 0.694. The van der Waals surface area contributed by atoms with Crippen molar-refractivity contribution in [2.75, 3.05) is 19.8 Å². The van der Waals surface area contributed by atoms with Crippen LogP contribution in [0, 0.1) is 6.92 Å². The van der Waals surface area contributed by atoms with E-state index in [1.54, 1.807) is 11.3 Å². The predicted molar refractivity (Wildman–Crippen MR) is 64.3 cm³/mol. The molecule has 0 radical (unpaired) electrons. The van der Waals surface area contributed by atoms with Gasteiger partial charge in [0.15, 0.2) is 0 Å². The molecule has 15 heavy (non-hydrogen) atoms. The average Bonchev–Trinajstić information content (AvgIpc) is 2.63. The number of hydrogen-bond acceptors (Lipinski definition) is 4. The van der Waals surface area contributed by atoms with Gasteiger partial charge in [0, 0.05) is 25.1 Å². The van der Waals surface area contributed by atoms with Gasteiger partial charge in [-0.1, -0.05) is 6.92 Å². The van der Waals surface area contributed by atoms with Crippen LogP contribution in [0.5, 0.6) is 0 Å². The molecule has 0 fully saturated rings. The Bertz CT molecular complexity index is 263. The molecule has 0 atom stereocenters. The minimum atomic E-state index is 0.858. The van der Waals surface area contributed by atoms with Crippen LogP contribution >= 0.6 is 11.3 Å². The minimum absolute atomic E-state index is 0.858. The molecule has 1 N–H and O–H groups in total. The van der Waals surface area contributed by atoms with Gasteiger partial charge in [0.05, 0.1) is 10.7 Å². The average molecular weight is 228 g/mol. The van der Waals surface area contributed by atoms with Gasteiger partial charge in [-0.15, -0.1) is 11.3 Å². The third-order valence-corrected chi connectivity index (χ3v) is 2.79. The Morgan fingerprint density at radius 1 is 1.47 bits per heavy atom. The van der Waals surface area contributed by atoms with Gasteiger partial charge in [0.25, 0.3) is 0 Å². The maximum absolute atomic E-state index is 5.39. The number of nitrogens with one attached hydrogen (secondary N) is 1. The number of hydrogen-bond donors (Lipinski definition) is 1. The van der Waals surface area contributed by atoms with Crippen LogP contribution in [0.2, 0.25) is 0 Å². The molecule has 0 spiro atoms. The van der Waals surface area contributed by atoms with Gasteiger partial charge in [-0.25, -0.2) is 4.98 Å². The molecule has 0 aliphatic carbocycles. The van der Waals surface area contributed by atoms with E-state index in [2.05, 4.69) is 22.6 Å². The first-order chi connectivity index (χ1) is 7.33. The van der Waals surface area contributed by atoms with Crippen LogP contribution < -0.4 is 5.32 Å². The highest BCUT2D eigenvalue weighted by molar-refractivity contribution is 7.09. The van der Waals surface area contributed by atoms with E-state index in [-0.39, 0.29) is 0 Å². The topological polar surface area (TPSA) is 34.1 Å². The summed E-state index contributed by atoms with van der Waals surface area (Å²) in [6.07, 6.45) is 2.18. The summed E-state index contributed by atoms with van der Waals surface area (Å²) in [4.78, 5) is 4.38. The highest BCUT2D eigenvalue weighted by Crippen LogP contribution is 2.06. The van der Waals surface area contributed by atoms with Crippen LogP contribution in [-0.4, -0.2) is 24.7 Å². The first-order valence-corrected chi connectivity index (χ1v) is 6.40. The van der Waals surface area contributed by atoms with Gasteiger partial charge in [0.2, 0.25) is 0 Å². The summed E-state index contributed by atoms with van der Waals surface area (Å²) in [5, 5.41) is 6.60. The molecule has 1 aromatic rings. The van der Waals surface area contributed by atoms with Gasteiger partial charge >= 0.3 is 0 Å². The van der Waals surface area contributed by atoms with Crippen molar-refractivity contribution in [1.82, 2.24) is 10.3 Å². The molecule has 0 aromatic carbocycles. The number of rotatable bonds is 8. The number of aromatic nitrogens is 1. The zero-order valence-electron chi connectivity index (χ0n) is 9.58. The third kappa shape index (κ3) is 5.87. The molecule has 1 aromatic heterocycles. The molecule has 0 saturated carbocycles. The Morgan fingerprint density at radius 3 is 3.00 bits per heavy atom. The lowest BCUT2D eigenvalue weighted by Gasteiger charge is -2.03. The van der Waals surface area contributed by atoms with E-state index in [9.17, 15) is 0 Å². The van der Waals surface area contributed by atoms with E-state index in [0.717, 1.165) is 49.8 Å². The molecular weight excluding hydrogens is 208 g/mol. The summed E-state index contributed by atoms with van der Waals surface area (Å²) < 4.78 is 5.39. The summed E-state index contributed by atoms with van der Waals surface area (Å²) in [5.74, 6) is 0. The molecule has 0 saturated heterocycles. The predicted octanol–water partition coefficient (Wildman–Crippen LogP) is 2.36. The fourth-order valence-corrected chi connectivity index (χ4v) is 1.86. The first kappa shape index (κ1) is 12.6. The fraction of sp³-hybridized carbons (Fsp3) is 0.727. The lowest BCUT2D eigenvalue weighted by molar-refractivity contribution is 0.132. The van der Waals surface area contributed by atoms with Gasteiger partial charge in [0.1, 0.15) is 0 Å². The van der Waals surface area contributed by atoms with Gasteiger partial charge < -0.3 is 10.1 Å².